The van der Waals surface area contributed by atoms with Crippen LogP contribution >= 0.6 is 22.7 Å². The summed E-state index contributed by atoms with van der Waals surface area (Å²) < 4.78 is 0. The van der Waals surface area contributed by atoms with Crippen LogP contribution in [0.5, 0.6) is 0 Å². The van der Waals surface area contributed by atoms with E-state index in [4.69, 9.17) is 0 Å². The number of rotatable bonds is 0. The SMILES string of the molecule is Cc1cc2c(s1)C(=O)c1ccccc1-2.Cc1cc2c(s1)Cc1ccccc1-2.N/N=N/N.O.[K+].[OH-]. The van der Waals surface area contributed by atoms with Crippen LogP contribution in [0.1, 0.15) is 35.4 Å². The number of fused-ring (bicyclic) bond motifs is 6. The molecule has 2 aliphatic carbocycles. The Morgan fingerprint density at radius 1 is 0.765 bits per heavy atom. The average Bonchev–Trinajstić information content (AvgIpc) is 3.50. The van der Waals surface area contributed by atoms with Gasteiger partial charge in [0.05, 0.1) is 4.88 Å². The van der Waals surface area contributed by atoms with Crippen molar-refractivity contribution in [2.24, 2.45) is 22.1 Å². The van der Waals surface area contributed by atoms with Gasteiger partial charge in [0.2, 0.25) is 5.78 Å². The fraction of sp³-hybridized carbons (Fsp3) is 0.125. The van der Waals surface area contributed by atoms with Crippen LogP contribution in [0.25, 0.3) is 22.3 Å². The molecular weight excluding hydrogens is 496 g/mol. The van der Waals surface area contributed by atoms with E-state index in [-0.39, 0.29) is 68.1 Å². The molecule has 7 nitrogen and oxygen atoms in total. The van der Waals surface area contributed by atoms with Crippen LogP contribution < -0.4 is 63.1 Å². The fourth-order valence-electron chi connectivity index (χ4n) is 3.95. The molecule has 0 radical (unpaired) electrons. The van der Waals surface area contributed by atoms with E-state index in [0.717, 1.165) is 28.0 Å². The molecule has 0 spiro atoms. The van der Waals surface area contributed by atoms with Gasteiger partial charge in [-0.25, -0.2) is 0 Å². The Hall–Kier alpha value is -1.73. The van der Waals surface area contributed by atoms with Crippen molar-refractivity contribution in [1.82, 2.24) is 0 Å². The Kier molecular flexibility index (Phi) is 11.9. The maximum Gasteiger partial charge on any atom is 1.00 e. The summed E-state index contributed by atoms with van der Waals surface area (Å²) in [6.45, 7) is 4.23. The first-order valence-corrected chi connectivity index (χ1v) is 11.4. The molecule has 0 bridgehead atoms. The van der Waals surface area contributed by atoms with Gasteiger partial charge in [-0.3, -0.25) is 4.79 Å². The van der Waals surface area contributed by atoms with Gasteiger partial charge in [0.1, 0.15) is 0 Å². The summed E-state index contributed by atoms with van der Waals surface area (Å²) in [6.07, 6.45) is 1.14. The summed E-state index contributed by atoms with van der Waals surface area (Å²) >= 11 is 3.53. The number of hydrogen-bond donors (Lipinski definition) is 2. The molecule has 0 atom stereocenters. The Morgan fingerprint density at radius 2 is 1.29 bits per heavy atom. The molecule has 2 aromatic carbocycles. The summed E-state index contributed by atoms with van der Waals surface area (Å²) in [4.78, 5) is 17.0. The molecular formula is C24H25KN4O3S2. The van der Waals surface area contributed by atoms with Crippen LogP contribution in [-0.2, 0) is 6.42 Å². The van der Waals surface area contributed by atoms with E-state index in [1.165, 1.54) is 26.4 Å². The largest absolute Gasteiger partial charge is 1.00 e. The predicted molar refractivity (Wildman–Crippen MR) is 134 cm³/mol. The van der Waals surface area contributed by atoms with Gasteiger partial charge in [0.15, 0.2) is 0 Å². The van der Waals surface area contributed by atoms with Gasteiger partial charge in [-0.15, -0.1) is 22.7 Å². The molecule has 2 heterocycles. The third kappa shape index (κ3) is 6.09. The van der Waals surface area contributed by atoms with Crippen LogP contribution in [-0.4, -0.2) is 16.7 Å². The first-order chi connectivity index (χ1) is 15.0. The second-order valence-corrected chi connectivity index (χ2v) is 9.83. The minimum Gasteiger partial charge on any atom is -0.870 e. The molecule has 6 rings (SSSR count). The van der Waals surface area contributed by atoms with E-state index >= 15 is 0 Å². The molecule has 10 heteroatoms. The quantitative estimate of drug-likeness (QED) is 0.136. The zero-order valence-electron chi connectivity index (χ0n) is 19.2. The third-order valence-corrected chi connectivity index (χ3v) is 7.28. The van der Waals surface area contributed by atoms with Crippen molar-refractivity contribution in [3.8, 4) is 22.3 Å². The van der Waals surface area contributed by atoms with Crippen molar-refractivity contribution in [2.45, 2.75) is 20.3 Å². The molecule has 0 amide bonds. The maximum atomic E-state index is 11.9. The molecule has 0 fully saturated rings. The van der Waals surface area contributed by atoms with Crippen molar-refractivity contribution in [2.75, 3.05) is 0 Å². The summed E-state index contributed by atoms with van der Waals surface area (Å²) in [5.41, 5.74) is 7.47. The van der Waals surface area contributed by atoms with Crippen LogP contribution in [0, 0.1) is 13.8 Å². The van der Waals surface area contributed by atoms with E-state index in [9.17, 15) is 4.79 Å². The molecule has 172 valence electrons. The minimum absolute atomic E-state index is 0. The molecule has 0 unspecified atom stereocenters. The van der Waals surface area contributed by atoms with Crippen molar-refractivity contribution in [3.05, 3.63) is 91.3 Å². The summed E-state index contributed by atoms with van der Waals surface area (Å²) in [5, 5.41) is 5.28. The van der Waals surface area contributed by atoms with E-state index in [1.807, 2.05) is 42.5 Å². The number of nitrogens with two attached hydrogens (primary N) is 2. The summed E-state index contributed by atoms with van der Waals surface area (Å²) in [7, 11) is 0. The van der Waals surface area contributed by atoms with Crippen molar-refractivity contribution in [1.29, 1.82) is 0 Å². The number of carbonyl (C=O) groups is 1. The van der Waals surface area contributed by atoms with Crippen LogP contribution in [0.3, 0.4) is 0 Å². The molecule has 34 heavy (non-hydrogen) atoms. The topological polar surface area (TPSA) is 155 Å². The van der Waals surface area contributed by atoms with Crippen LogP contribution in [0.4, 0.5) is 0 Å². The Labute approximate surface area is 248 Å². The number of carbonyl (C=O) groups excluding carboxylic acids is 1. The predicted octanol–water partition coefficient (Wildman–Crippen LogP) is 2.08. The van der Waals surface area contributed by atoms with Crippen LogP contribution in [0.15, 0.2) is 71.1 Å². The van der Waals surface area contributed by atoms with Gasteiger partial charge in [0.25, 0.3) is 0 Å². The second kappa shape index (κ2) is 13.4. The van der Waals surface area contributed by atoms with Gasteiger partial charge in [0, 0.05) is 32.2 Å². The standard InChI is InChI=1S/C12H8OS.C12H10S.K.H4N4.2H2O/c1-7-6-10-8-4-2-3-5-9(8)11(13)12(10)14-7;1-8-6-11-10-5-3-2-4-9(10)7-12(11)13-8;;1-3-4-2;;/h2-6H,1H3;2-6H,7H2,1H3;;(H2,1,4)(H2,2,3);2*1H2/q;;+1;;;/p-1. The minimum atomic E-state index is 0. The number of ketones is 1. The van der Waals surface area contributed by atoms with E-state index < -0.39 is 0 Å². The van der Waals surface area contributed by atoms with Gasteiger partial charge in [-0.2, -0.15) is 0 Å². The Morgan fingerprint density at radius 3 is 1.94 bits per heavy atom. The maximum absolute atomic E-state index is 11.9. The van der Waals surface area contributed by atoms with E-state index in [1.54, 1.807) is 16.2 Å². The number of nitrogens with zero attached hydrogens (tertiary/aromatic N) is 2. The molecule has 2 aliphatic rings. The summed E-state index contributed by atoms with van der Waals surface area (Å²) in [5.74, 6) is 8.91. The first-order valence-electron chi connectivity index (χ1n) is 9.75. The van der Waals surface area contributed by atoms with Crippen molar-refractivity contribution < 1.29 is 67.1 Å². The third-order valence-electron chi connectivity index (χ3n) is 5.18. The zero-order chi connectivity index (χ0) is 22.0. The smallest absolute Gasteiger partial charge is 0.870 e. The number of hydrogen-bond acceptors (Lipinski definition) is 6. The van der Waals surface area contributed by atoms with E-state index in [0.29, 0.717) is 0 Å². The molecule has 4 aromatic rings. The van der Waals surface area contributed by atoms with E-state index in [2.05, 4.69) is 65.5 Å². The molecule has 7 N–H and O–H groups in total. The van der Waals surface area contributed by atoms with Crippen molar-refractivity contribution >= 4 is 28.5 Å². The van der Waals surface area contributed by atoms with Gasteiger partial charge < -0.3 is 22.6 Å². The Balaban J connectivity index is 0.000000274. The fourth-order valence-corrected chi connectivity index (χ4v) is 6.01. The average molecular weight is 521 g/mol. The number of benzene rings is 2. The number of aryl methyl sites for hydroxylation is 2. The monoisotopic (exact) mass is 520 g/mol. The summed E-state index contributed by atoms with van der Waals surface area (Å²) in [6, 6.07) is 20.9. The molecule has 2 aromatic heterocycles. The van der Waals surface area contributed by atoms with Crippen molar-refractivity contribution in [3.63, 3.8) is 0 Å². The van der Waals surface area contributed by atoms with Crippen LogP contribution in [0.2, 0.25) is 0 Å². The second-order valence-electron chi connectivity index (χ2n) is 7.23. The number of thiophene rings is 2. The molecule has 0 saturated carbocycles. The normalized spacial score (nSPS) is 11.2. The molecule has 0 aliphatic heterocycles. The molecule has 0 saturated heterocycles. The van der Waals surface area contributed by atoms with Gasteiger partial charge >= 0.3 is 51.4 Å². The van der Waals surface area contributed by atoms with Gasteiger partial charge in [-0.1, -0.05) is 59.0 Å². The zero-order valence-corrected chi connectivity index (χ0v) is 24.0. The Bertz CT molecular complexity index is 1300. The first kappa shape index (κ1) is 30.3. The van der Waals surface area contributed by atoms with Gasteiger partial charge in [-0.05, 0) is 48.2 Å².